The molecular formula is C25H28ClN3O3S. The molecular weight excluding hydrogens is 458 g/mol. The van der Waals surface area contributed by atoms with Crippen molar-refractivity contribution in [2.75, 3.05) is 37.2 Å². The fraction of sp³-hybridized carbons (Fsp3) is 0.320. The molecule has 0 saturated carbocycles. The summed E-state index contributed by atoms with van der Waals surface area (Å²) in [4.78, 5) is 6.97. The molecule has 1 aliphatic heterocycles. The van der Waals surface area contributed by atoms with Gasteiger partial charge in [-0.3, -0.25) is 14.6 Å². The number of likely N-dealkylation sites (tertiary alicyclic amines) is 1. The average Bonchev–Trinajstić information content (AvgIpc) is 2.73. The third-order valence-electron chi connectivity index (χ3n) is 5.59. The summed E-state index contributed by atoms with van der Waals surface area (Å²) in [6.07, 6.45) is 5.15. The molecule has 1 N–H and O–H groups in total. The van der Waals surface area contributed by atoms with E-state index in [2.05, 4.69) is 26.7 Å². The van der Waals surface area contributed by atoms with Crippen molar-refractivity contribution < 1.29 is 13.2 Å². The smallest absolute Gasteiger partial charge is 0.229 e. The van der Waals surface area contributed by atoms with E-state index < -0.39 is 10.0 Å². The number of aromatic nitrogens is 1. The number of rotatable bonds is 7. The molecule has 0 aliphatic carbocycles. The molecule has 1 aliphatic rings. The Hall–Kier alpha value is -2.61. The van der Waals surface area contributed by atoms with Gasteiger partial charge in [0.15, 0.2) is 0 Å². The van der Waals surface area contributed by atoms with Gasteiger partial charge in [-0.2, -0.15) is 0 Å². The van der Waals surface area contributed by atoms with Crippen molar-refractivity contribution in [1.29, 1.82) is 0 Å². The van der Waals surface area contributed by atoms with E-state index in [1.807, 2.05) is 37.3 Å². The van der Waals surface area contributed by atoms with Crippen molar-refractivity contribution in [3.63, 3.8) is 0 Å². The number of anilines is 1. The highest BCUT2D eigenvalue weighted by Gasteiger charge is 2.14. The molecule has 0 bridgehead atoms. The van der Waals surface area contributed by atoms with Gasteiger partial charge in [0, 0.05) is 35.7 Å². The van der Waals surface area contributed by atoms with Crippen LogP contribution in [-0.4, -0.2) is 50.8 Å². The highest BCUT2D eigenvalue weighted by atomic mass is 35.5. The molecule has 8 heteroatoms. The standard InChI is InChI=1S/C25H28ClN3O3S/c1-18-6-7-23-24(27-18)4-3-5-25(23)32-13-12-29-10-8-19(9-11-29)14-20-15-21(26)17-22(16-20)28-33(2,30)31/h3-7,14-17,28H,8-13H2,1-2H3. The molecule has 174 valence electrons. The molecule has 1 fully saturated rings. The van der Waals surface area contributed by atoms with Crippen molar-refractivity contribution in [2.24, 2.45) is 0 Å². The summed E-state index contributed by atoms with van der Waals surface area (Å²) in [5.41, 5.74) is 4.66. The molecule has 3 aromatic rings. The lowest BCUT2D eigenvalue weighted by atomic mass is 10.0. The second kappa shape index (κ2) is 10.1. The highest BCUT2D eigenvalue weighted by Crippen LogP contribution is 2.26. The van der Waals surface area contributed by atoms with Gasteiger partial charge in [0.2, 0.25) is 10.0 Å². The monoisotopic (exact) mass is 485 g/mol. The normalized spacial score (nSPS) is 14.9. The zero-order valence-electron chi connectivity index (χ0n) is 18.8. The first kappa shape index (κ1) is 23.5. The summed E-state index contributed by atoms with van der Waals surface area (Å²) in [5, 5.41) is 1.54. The number of halogens is 1. The van der Waals surface area contributed by atoms with E-state index in [0.29, 0.717) is 17.3 Å². The Morgan fingerprint density at radius 1 is 1.15 bits per heavy atom. The van der Waals surface area contributed by atoms with Gasteiger partial charge in [-0.1, -0.05) is 29.3 Å². The van der Waals surface area contributed by atoms with Crippen LogP contribution in [0.15, 0.2) is 54.1 Å². The number of nitrogens with one attached hydrogen (secondary N) is 1. The Morgan fingerprint density at radius 2 is 1.94 bits per heavy atom. The van der Waals surface area contributed by atoms with Crippen LogP contribution in [0.5, 0.6) is 5.75 Å². The number of aryl methyl sites for hydroxylation is 1. The molecule has 0 spiro atoms. The van der Waals surface area contributed by atoms with E-state index in [4.69, 9.17) is 16.3 Å². The Balaban J connectivity index is 1.31. The second-order valence-corrected chi connectivity index (χ2v) is 10.6. The topological polar surface area (TPSA) is 71.5 Å². The van der Waals surface area contributed by atoms with Gasteiger partial charge in [0.05, 0.1) is 17.5 Å². The minimum Gasteiger partial charge on any atom is -0.492 e. The van der Waals surface area contributed by atoms with Crippen molar-refractivity contribution >= 4 is 44.3 Å². The molecule has 1 aromatic heterocycles. The van der Waals surface area contributed by atoms with Crippen molar-refractivity contribution in [2.45, 2.75) is 19.8 Å². The molecule has 1 saturated heterocycles. The number of hydrogen-bond donors (Lipinski definition) is 1. The minimum absolute atomic E-state index is 0.477. The summed E-state index contributed by atoms with van der Waals surface area (Å²) < 4.78 is 31.6. The third-order valence-corrected chi connectivity index (χ3v) is 6.41. The number of pyridine rings is 1. The van der Waals surface area contributed by atoms with Gasteiger partial charge >= 0.3 is 0 Å². The highest BCUT2D eigenvalue weighted by molar-refractivity contribution is 7.92. The second-order valence-electron chi connectivity index (χ2n) is 8.42. The lowest BCUT2D eigenvalue weighted by molar-refractivity contribution is 0.200. The van der Waals surface area contributed by atoms with E-state index in [9.17, 15) is 8.42 Å². The molecule has 2 aromatic carbocycles. The third kappa shape index (κ3) is 6.69. The van der Waals surface area contributed by atoms with Crippen LogP contribution in [0.2, 0.25) is 5.02 Å². The molecule has 0 atom stereocenters. The molecule has 0 unspecified atom stereocenters. The number of benzene rings is 2. The molecule has 33 heavy (non-hydrogen) atoms. The van der Waals surface area contributed by atoms with Gasteiger partial charge in [-0.15, -0.1) is 0 Å². The largest absolute Gasteiger partial charge is 0.492 e. The summed E-state index contributed by atoms with van der Waals surface area (Å²) in [6, 6.07) is 15.3. The summed E-state index contributed by atoms with van der Waals surface area (Å²) >= 11 is 6.18. The number of nitrogens with zero attached hydrogens (tertiary/aromatic N) is 2. The van der Waals surface area contributed by atoms with E-state index >= 15 is 0 Å². The van der Waals surface area contributed by atoms with Gasteiger partial charge in [0.25, 0.3) is 0 Å². The molecule has 6 nitrogen and oxygen atoms in total. The zero-order chi connectivity index (χ0) is 23.4. The summed E-state index contributed by atoms with van der Waals surface area (Å²) in [6.45, 7) is 5.40. The maximum absolute atomic E-state index is 11.5. The van der Waals surface area contributed by atoms with Crippen LogP contribution in [0.25, 0.3) is 17.0 Å². The van der Waals surface area contributed by atoms with E-state index in [1.165, 1.54) is 5.57 Å². The summed E-state index contributed by atoms with van der Waals surface area (Å²) in [5.74, 6) is 0.872. The van der Waals surface area contributed by atoms with Crippen LogP contribution in [0.1, 0.15) is 24.1 Å². The maximum Gasteiger partial charge on any atom is 0.229 e. The SMILES string of the molecule is Cc1ccc2c(OCCN3CCC(=Cc4cc(Cl)cc(NS(C)(=O)=O)c4)CC3)cccc2n1. The van der Waals surface area contributed by atoms with E-state index in [-0.39, 0.29) is 0 Å². The number of sulfonamides is 1. The number of piperidine rings is 1. The Bertz CT molecular complexity index is 1280. The first-order valence-electron chi connectivity index (χ1n) is 10.9. The fourth-order valence-electron chi connectivity index (χ4n) is 4.05. The predicted molar refractivity (Wildman–Crippen MR) is 136 cm³/mol. The van der Waals surface area contributed by atoms with Crippen LogP contribution in [0.4, 0.5) is 5.69 Å². The average molecular weight is 486 g/mol. The van der Waals surface area contributed by atoms with Crippen LogP contribution >= 0.6 is 11.6 Å². The Morgan fingerprint density at radius 3 is 2.70 bits per heavy atom. The Labute approximate surface area is 200 Å². The lowest BCUT2D eigenvalue weighted by Gasteiger charge is -2.28. The van der Waals surface area contributed by atoms with E-state index in [0.717, 1.165) is 66.6 Å². The molecule has 4 rings (SSSR count). The van der Waals surface area contributed by atoms with Crippen molar-refractivity contribution in [3.8, 4) is 5.75 Å². The van der Waals surface area contributed by atoms with Crippen molar-refractivity contribution in [1.82, 2.24) is 9.88 Å². The number of fused-ring (bicyclic) bond motifs is 1. The maximum atomic E-state index is 11.5. The van der Waals surface area contributed by atoms with Crippen LogP contribution < -0.4 is 9.46 Å². The number of hydrogen-bond acceptors (Lipinski definition) is 5. The predicted octanol–water partition coefficient (Wildman–Crippen LogP) is 5.13. The van der Waals surface area contributed by atoms with Crippen LogP contribution in [0.3, 0.4) is 0 Å². The van der Waals surface area contributed by atoms with Crippen LogP contribution in [0, 0.1) is 6.92 Å². The van der Waals surface area contributed by atoms with Gasteiger partial charge in [-0.05, 0) is 67.8 Å². The summed E-state index contributed by atoms with van der Waals surface area (Å²) in [7, 11) is -3.35. The molecule has 0 amide bonds. The quantitative estimate of drug-likeness (QED) is 0.502. The number of ether oxygens (including phenoxy) is 1. The zero-order valence-corrected chi connectivity index (χ0v) is 20.4. The van der Waals surface area contributed by atoms with Crippen LogP contribution in [-0.2, 0) is 10.0 Å². The van der Waals surface area contributed by atoms with Gasteiger partial charge in [-0.25, -0.2) is 8.42 Å². The van der Waals surface area contributed by atoms with Crippen molar-refractivity contribution in [3.05, 3.63) is 70.4 Å². The molecule has 2 heterocycles. The minimum atomic E-state index is -3.35. The lowest BCUT2D eigenvalue weighted by Crippen LogP contribution is -2.34. The van der Waals surface area contributed by atoms with Gasteiger partial charge < -0.3 is 4.74 Å². The first-order valence-corrected chi connectivity index (χ1v) is 13.2. The Kier molecular flexibility index (Phi) is 7.22. The van der Waals surface area contributed by atoms with E-state index in [1.54, 1.807) is 12.1 Å². The van der Waals surface area contributed by atoms with Gasteiger partial charge in [0.1, 0.15) is 12.4 Å². The first-order chi connectivity index (χ1) is 15.7. The molecule has 0 radical (unpaired) electrons. The fourth-order valence-corrected chi connectivity index (χ4v) is 4.84.